The lowest BCUT2D eigenvalue weighted by Crippen LogP contribution is -2.47. The number of hydrogen-bond donors (Lipinski definition) is 1. The number of aliphatic hydroxyl groups is 1. The van der Waals surface area contributed by atoms with Crippen LogP contribution in [0.4, 0.5) is 18.0 Å². The van der Waals surface area contributed by atoms with Gasteiger partial charge < -0.3 is 19.1 Å². The summed E-state index contributed by atoms with van der Waals surface area (Å²) in [5.74, 6) is -1.47. The van der Waals surface area contributed by atoms with Crippen molar-refractivity contribution in [2.75, 3.05) is 7.11 Å². The summed E-state index contributed by atoms with van der Waals surface area (Å²) < 4.78 is 52.9. The van der Waals surface area contributed by atoms with Crippen molar-refractivity contribution in [2.45, 2.75) is 24.6 Å². The standard InChI is InChI=1S/C24H20Cl2F3NO5/c1-13(23(33,24(27,28)29)16-6-9-21(31)30(2)12-16)17-7-4-14(10-18(17)25)15-5-8-20(19(26)11-15)35-22(32)34-3/h4-13,33H,1-3H3. The van der Waals surface area contributed by atoms with Crippen LogP contribution < -0.4 is 10.3 Å². The van der Waals surface area contributed by atoms with Gasteiger partial charge in [0.05, 0.1) is 12.1 Å². The number of aryl methyl sites for hydroxylation is 1. The third-order valence-electron chi connectivity index (χ3n) is 5.68. The summed E-state index contributed by atoms with van der Waals surface area (Å²) in [5, 5.41) is 11.0. The number of ether oxygens (including phenoxy) is 2. The SMILES string of the molecule is COC(=O)Oc1ccc(-c2ccc(C(C)C(O)(c3ccc(=O)n(C)c3)C(F)(F)F)c(Cl)c2)cc1Cl. The molecule has 1 N–H and O–H groups in total. The topological polar surface area (TPSA) is 77.8 Å². The smallest absolute Gasteiger partial charge is 0.437 e. The molecule has 2 unspecified atom stereocenters. The van der Waals surface area contributed by atoms with Crippen LogP contribution in [0, 0.1) is 0 Å². The highest BCUT2D eigenvalue weighted by molar-refractivity contribution is 6.32. The minimum atomic E-state index is -5.07. The second-order valence-corrected chi connectivity index (χ2v) is 8.60. The first-order valence-corrected chi connectivity index (χ1v) is 10.9. The van der Waals surface area contributed by atoms with Gasteiger partial charge in [0.2, 0.25) is 5.56 Å². The van der Waals surface area contributed by atoms with Crippen molar-refractivity contribution in [2.24, 2.45) is 7.05 Å². The fourth-order valence-corrected chi connectivity index (χ4v) is 4.22. The highest BCUT2D eigenvalue weighted by atomic mass is 35.5. The molecule has 2 aromatic carbocycles. The first kappa shape index (κ1) is 26.6. The van der Waals surface area contributed by atoms with Crippen molar-refractivity contribution in [3.63, 3.8) is 0 Å². The van der Waals surface area contributed by atoms with Crippen LogP contribution in [0.3, 0.4) is 0 Å². The average Bonchev–Trinajstić information content (AvgIpc) is 2.80. The summed E-state index contributed by atoms with van der Waals surface area (Å²) in [5.41, 5.74) is -3.21. The number of carbonyl (C=O) groups is 1. The van der Waals surface area contributed by atoms with E-state index in [-0.39, 0.29) is 21.4 Å². The zero-order valence-electron chi connectivity index (χ0n) is 18.7. The number of rotatable bonds is 5. The molecule has 0 saturated carbocycles. The van der Waals surface area contributed by atoms with Crippen molar-refractivity contribution in [1.29, 1.82) is 0 Å². The van der Waals surface area contributed by atoms with Crippen molar-refractivity contribution >= 4 is 29.4 Å². The molecule has 0 amide bonds. The van der Waals surface area contributed by atoms with Gasteiger partial charge in [-0.1, -0.05) is 48.3 Å². The Labute approximate surface area is 208 Å². The minimum absolute atomic E-state index is 0.0199. The normalized spacial score (nSPS) is 14.2. The lowest BCUT2D eigenvalue weighted by molar-refractivity contribution is -0.274. The molecule has 6 nitrogen and oxygen atoms in total. The number of hydrogen-bond acceptors (Lipinski definition) is 5. The van der Waals surface area contributed by atoms with Crippen LogP contribution in [0.5, 0.6) is 5.75 Å². The Morgan fingerprint density at radius 2 is 1.63 bits per heavy atom. The maximum Gasteiger partial charge on any atom is 0.513 e. The Kier molecular flexibility index (Phi) is 7.54. The molecule has 0 aliphatic heterocycles. The van der Waals surface area contributed by atoms with E-state index in [4.69, 9.17) is 27.9 Å². The van der Waals surface area contributed by atoms with Gasteiger partial charge in [-0.3, -0.25) is 4.79 Å². The van der Waals surface area contributed by atoms with Gasteiger partial charge in [-0.25, -0.2) is 4.79 Å². The van der Waals surface area contributed by atoms with E-state index < -0.39 is 35.0 Å². The molecule has 1 heterocycles. The molecule has 0 aliphatic rings. The summed E-state index contributed by atoms with van der Waals surface area (Å²) in [6.07, 6.45) is -5.07. The molecule has 35 heavy (non-hydrogen) atoms. The zero-order chi connectivity index (χ0) is 26.1. The molecule has 0 spiro atoms. The molecule has 11 heteroatoms. The monoisotopic (exact) mass is 529 g/mol. The lowest BCUT2D eigenvalue weighted by Gasteiger charge is -2.37. The summed E-state index contributed by atoms with van der Waals surface area (Å²) in [6.45, 7) is 1.20. The van der Waals surface area contributed by atoms with Gasteiger partial charge in [-0.05, 0) is 41.0 Å². The van der Waals surface area contributed by atoms with E-state index in [1.165, 1.54) is 44.3 Å². The molecule has 3 aromatic rings. The van der Waals surface area contributed by atoms with Crippen LogP contribution in [-0.2, 0) is 17.4 Å². The molecule has 2 atom stereocenters. The second kappa shape index (κ2) is 9.93. The van der Waals surface area contributed by atoms with Crippen LogP contribution in [0.1, 0.15) is 24.0 Å². The molecule has 0 fully saturated rings. The van der Waals surface area contributed by atoms with Gasteiger partial charge in [0, 0.05) is 35.8 Å². The zero-order valence-corrected chi connectivity index (χ0v) is 20.2. The number of halogens is 5. The third kappa shape index (κ3) is 5.17. The van der Waals surface area contributed by atoms with Crippen LogP contribution in [0.2, 0.25) is 10.0 Å². The Morgan fingerprint density at radius 1 is 1.03 bits per heavy atom. The molecule has 3 rings (SSSR count). The largest absolute Gasteiger partial charge is 0.513 e. The third-order valence-corrected chi connectivity index (χ3v) is 6.30. The average molecular weight is 530 g/mol. The van der Waals surface area contributed by atoms with Gasteiger partial charge in [0.15, 0.2) is 11.4 Å². The Hall–Kier alpha value is -3.01. The lowest BCUT2D eigenvalue weighted by atomic mass is 9.78. The van der Waals surface area contributed by atoms with Crippen LogP contribution in [0.15, 0.2) is 59.5 Å². The van der Waals surface area contributed by atoms with Gasteiger partial charge in [-0.15, -0.1) is 0 Å². The number of aromatic nitrogens is 1. The maximum absolute atomic E-state index is 14.2. The predicted molar refractivity (Wildman–Crippen MR) is 125 cm³/mol. The van der Waals surface area contributed by atoms with E-state index in [0.29, 0.717) is 11.1 Å². The van der Waals surface area contributed by atoms with Gasteiger partial charge in [0.25, 0.3) is 0 Å². The van der Waals surface area contributed by atoms with E-state index in [1.54, 1.807) is 6.07 Å². The highest BCUT2D eigenvalue weighted by Crippen LogP contribution is 2.49. The quantitative estimate of drug-likeness (QED) is 0.321. The molecule has 0 saturated heterocycles. The summed E-state index contributed by atoms with van der Waals surface area (Å²) in [7, 11) is 2.44. The molecular formula is C24H20Cl2F3NO5. The number of alkyl halides is 3. The fraction of sp³-hybridized carbons (Fsp3) is 0.250. The maximum atomic E-state index is 14.2. The van der Waals surface area contributed by atoms with E-state index in [9.17, 15) is 27.9 Å². The first-order chi connectivity index (χ1) is 16.3. The molecular weight excluding hydrogens is 510 g/mol. The summed E-state index contributed by atoms with van der Waals surface area (Å²) in [6, 6.07) is 10.8. The predicted octanol–water partition coefficient (Wildman–Crippen LogP) is 6.06. The minimum Gasteiger partial charge on any atom is -0.437 e. The molecule has 0 radical (unpaired) electrons. The van der Waals surface area contributed by atoms with Gasteiger partial charge >= 0.3 is 12.3 Å². The van der Waals surface area contributed by atoms with Crippen molar-refractivity contribution in [3.8, 4) is 16.9 Å². The number of nitrogens with zero attached hydrogens (tertiary/aromatic N) is 1. The summed E-state index contributed by atoms with van der Waals surface area (Å²) >= 11 is 12.5. The molecule has 0 bridgehead atoms. The fourth-order valence-electron chi connectivity index (χ4n) is 3.66. The van der Waals surface area contributed by atoms with Gasteiger partial charge in [0.1, 0.15) is 0 Å². The van der Waals surface area contributed by atoms with Crippen LogP contribution >= 0.6 is 23.2 Å². The van der Waals surface area contributed by atoms with E-state index in [0.717, 1.165) is 30.0 Å². The Bertz CT molecular complexity index is 1330. The molecule has 0 aliphatic carbocycles. The summed E-state index contributed by atoms with van der Waals surface area (Å²) in [4.78, 5) is 23.0. The van der Waals surface area contributed by atoms with E-state index in [2.05, 4.69) is 4.74 Å². The number of pyridine rings is 1. The number of carbonyl (C=O) groups excluding carboxylic acids is 1. The molecule has 186 valence electrons. The first-order valence-electron chi connectivity index (χ1n) is 10.1. The van der Waals surface area contributed by atoms with Crippen LogP contribution in [0.25, 0.3) is 11.1 Å². The Balaban J connectivity index is 2.01. The van der Waals surface area contributed by atoms with Crippen molar-refractivity contribution in [3.05, 3.63) is 86.3 Å². The highest BCUT2D eigenvalue weighted by Gasteiger charge is 2.59. The number of methoxy groups -OCH3 is 1. The van der Waals surface area contributed by atoms with E-state index in [1.807, 2.05) is 0 Å². The van der Waals surface area contributed by atoms with Gasteiger partial charge in [-0.2, -0.15) is 13.2 Å². The van der Waals surface area contributed by atoms with E-state index >= 15 is 0 Å². The van der Waals surface area contributed by atoms with Crippen molar-refractivity contribution < 1.29 is 32.5 Å². The number of benzene rings is 2. The second-order valence-electron chi connectivity index (χ2n) is 7.79. The van der Waals surface area contributed by atoms with Crippen molar-refractivity contribution in [1.82, 2.24) is 4.57 Å². The Morgan fingerprint density at radius 3 is 2.14 bits per heavy atom. The molecule has 1 aromatic heterocycles. The van der Waals surface area contributed by atoms with Crippen LogP contribution in [-0.4, -0.2) is 29.1 Å².